The second kappa shape index (κ2) is 9.14. The van der Waals surface area contributed by atoms with Crippen LogP contribution < -0.4 is 15.5 Å². The summed E-state index contributed by atoms with van der Waals surface area (Å²) in [7, 11) is 1.61. The number of non-ortho nitro benzene ring substituents is 1. The number of ether oxygens (including phenoxy) is 1. The molecule has 0 aliphatic heterocycles. The summed E-state index contributed by atoms with van der Waals surface area (Å²) >= 11 is 1.15. The van der Waals surface area contributed by atoms with Gasteiger partial charge in [-0.15, -0.1) is 0 Å². The minimum absolute atomic E-state index is 0.0977. The molecule has 2 N–H and O–H groups in total. The summed E-state index contributed by atoms with van der Waals surface area (Å²) in [5.74, 6) is 0.365. The molecular weight excluding hydrogens is 406 g/mol. The smallest absolute Gasteiger partial charge is 0.271 e. The number of hydrogen-bond acceptors (Lipinski definition) is 8. The van der Waals surface area contributed by atoms with Crippen LogP contribution in [0.25, 0.3) is 0 Å². The van der Waals surface area contributed by atoms with Crippen molar-refractivity contribution in [2.75, 3.05) is 17.9 Å². The van der Waals surface area contributed by atoms with Gasteiger partial charge in [0.1, 0.15) is 10.6 Å². The number of nitrogens with zero attached hydrogens (tertiary/aromatic N) is 3. The number of nitro benzene ring substituents is 1. The molecule has 0 saturated heterocycles. The first-order valence-electron chi connectivity index (χ1n) is 8.85. The van der Waals surface area contributed by atoms with E-state index in [1.54, 1.807) is 20.1 Å². The molecular formula is C20H19N5O4S. The van der Waals surface area contributed by atoms with Gasteiger partial charge in [0.25, 0.3) is 11.6 Å². The fourth-order valence-corrected chi connectivity index (χ4v) is 3.37. The number of hydrazone groups is 1. The number of amides is 1. The van der Waals surface area contributed by atoms with Crippen molar-refractivity contribution in [2.24, 2.45) is 5.10 Å². The maximum Gasteiger partial charge on any atom is 0.271 e. The van der Waals surface area contributed by atoms with Crippen LogP contribution in [-0.4, -0.2) is 28.6 Å². The van der Waals surface area contributed by atoms with Crippen LogP contribution in [0.4, 0.5) is 16.5 Å². The fourth-order valence-electron chi connectivity index (χ4n) is 2.57. The first-order valence-corrected chi connectivity index (χ1v) is 9.67. The van der Waals surface area contributed by atoms with Gasteiger partial charge in [-0.1, -0.05) is 17.4 Å². The third-order valence-corrected chi connectivity index (χ3v) is 5.21. The van der Waals surface area contributed by atoms with Crippen LogP contribution in [0.1, 0.15) is 27.9 Å². The Bertz CT molecular complexity index is 1110. The Morgan fingerprint density at radius 2 is 1.97 bits per heavy atom. The highest BCUT2D eigenvalue weighted by atomic mass is 32.1. The molecule has 1 amide bonds. The van der Waals surface area contributed by atoms with Crippen molar-refractivity contribution in [1.82, 2.24) is 4.98 Å². The molecule has 0 saturated carbocycles. The SMILES string of the molecule is COc1ccc(C(C)=NNc2nc(C)c(C(=O)Nc3cccc([N+](=O)[O-])c3)s2)cc1. The number of methoxy groups -OCH3 is 1. The molecule has 3 rings (SSSR count). The van der Waals surface area contributed by atoms with E-state index in [0.29, 0.717) is 21.4 Å². The Morgan fingerprint density at radius 1 is 1.23 bits per heavy atom. The lowest BCUT2D eigenvalue weighted by Gasteiger charge is -2.04. The summed E-state index contributed by atoms with van der Waals surface area (Å²) in [6.45, 7) is 3.56. The van der Waals surface area contributed by atoms with Gasteiger partial charge in [-0.3, -0.25) is 20.3 Å². The Kier molecular flexibility index (Phi) is 6.38. The highest BCUT2D eigenvalue weighted by Gasteiger charge is 2.16. The Hall–Kier alpha value is -3.79. The number of thiazole rings is 1. The van der Waals surface area contributed by atoms with E-state index in [0.717, 1.165) is 28.4 Å². The van der Waals surface area contributed by atoms with E-state index in [1.807, 2.05) is 31.2 Å². The minimum Gasteiger partial charge on any atom is -0.497 e. The van der Waals surface area contributed by atoms with Crippen LogP contribution in [0.5, 0.6) is 5.75 Å². The normalized spacial score (nSPS) is 11.1. The summed E-state index contributed by atoms with van der Waals surface area (Å²) < 4.78 is 5.14. The minimum atomic E-state index is -0.515. The molecule has 10 heteroatoms. The molecule has 0 atom stereocenters. The zero-order valence-electron chi connectivity index (χ0n) is 16.5. The van der Waals surface area contributed by atoms with Gasteiger partial charge in [0.2, 0.25) is 5.13 Å². The zero-order valence-corrected chi connectivity index (χ0v) is 17.3. The first-order chi connectivity index (χ1) is 14.4. The fraction of sp³-hybridized carbons (Fsp3) is 0.150. The highest BCUT2D eigenvalue weighted by Crippen LogP contribution is 2.25. The van der Waals surface area contributed by atoms with Crippen LogP contribution in [0.3, 0.4) is 0 Å². The number of carbonyl (C=O) groups is 1. The van der Waals surface area contributed by atoms with Crippen LogP contribution in [0.15, 0.2) is 53.6 Å². The summed E-state index contributed by atoms with van der Waals surface area (Å²) in [5, 5.41) is 18.3. The molecule has 0 fully saturated rings. The number of aryl methyl sites for hydroxylation is 1. The number of nitro groups is 1. The summed E-state index contributed by atoms with van der Waals surface area (Å²) in [6.07, 6.45) is 0. The number of anilines is 2. The molecule has 0 aliphatic carbocycles. The van der Waals surface area contributed by atoms with Crippen molar-refractivity contribution in [2.45, 2.75) is 13.8 Å². The predicted octanol–water partition coefficient (Wildman–Crippen LogP) is 4.46. The summed E-state index contributed by atoms with van der Waals surface area (Å²) in [6, 6.07) is 13.2. The van der Waals surface area contributed by atoms with Gasteiger partial charge in [0.15, 0.2) is 0 Å². The number of nitrogens with one attached hydrogen (secondary N) is 2. The number of aromatic nitrogens is 1. The average molecular weight is 425 g/mol. The highest BCUT2D eigenvalue weighted by molar-refractivity contribution is 7.17. The van der Waals surface area contributed by atoms with Crippen LogP contribution in [0, 0.1) is 17.0 Å². The lowest BCUT2D eigenvalue weighted by Crippen LogP contribution is -2.11. The van der Waals surface area contributed by atoms with Gasteiger partial charge >= 0.3 is 0 Å². The molecule has 1 heterocycles. The predicted molar refractivity (Wildman–Crippen MR) is 117 cm³/mol. The van der Waals surface area contributed by atoms with E-state index in [9.17, 15) is 14.9 Å². The van der Waals surface area contributed by atoms with Crippen LogP contribution in [-0.2, 0) is 0 Å². The van der Waals surface area contributed by atoms with Crippen molar-refractivity contribution in [3.8, 4) is 5.75 Å². The lowest BCUT2D eigenvalue weighted by molar-refractivity contribution is -0.384. The second-order valence-electron chi connectivity index (χ2n) is 6.23. The van der Waals surface area contributed by atoms with Crippen molar-refractivity contribution in [3.05, 3.63) is 74.8 Å². The standard InChI is InChI=1S/C20H19N5O4S/c1-12(14-7-9-17(29-3)10-8-14)23-24-20-21-13(2)18(30-20)19(26)22-15-5-4-6-16(11-15)25(27)28/h4-11H,1-3H3,(H,21,24)(H,22,26). The van der Waals surface area contributed by atoms with Gasteiger partial charge in [0.05, 0.1) is 23.4 Å². The summed E-state index contributed by atoms with van der Waals surface area (Å²) in [4.78, 5) is 27.6. The number of hydrogen-bond donors (Lipinski definition) is 2. The van der Waals surface area contributed by atoms with Gasteiger partial charge in [-0.2, -0.15) is 5.10 Å². The zero-order chi connectivity index (χ0) is 21.7. The van der Waals surface area contributed by atoms with E-state index in [-0.39, 0.29) is 5.69 Å². The van der Waals surface area contributed by atoms with Gasteiger partial charge in [-0.25, -0.2) is 4.98 Å². The maximum absolute atomic E-state index is 12.6. The molecule has 0 bridgehead atoms. The van der Waals surface area contributed by atoms with Crippen LogP contribution >= 0.6 is 11.3 Å². The summed E-state index contributed by atoms with van der Waals surface area (Å²) in [5.41, 5.74) is 5.30. The van der Waals surface area contributed by atoms with Crippen molar-refractivity contribution >= 4 is 39.5 Å². The molecule has 1 aromatic heterocycles. The van der Waals surface area contributed by atoms with E-state index in [2.05, 4.69) is 20.8 Å². The molecule has 2 aromatic carbocycles. The van der Waals surface area contributed by atoms with Gasteiger partial charge in [0, 0.05) is 17.8 Å². The average Bonchev–Trinajstić information content (AvgIpc) is 3.13. The lowest BCUT2D eigenvalue weighted by atomic mass is 10.1. The van der Waals surface area contributed by atoms with E-state index >= 15 is 0 Å². The van der Waals surface area contributed by atoms with E-state index in [1.165, 1.54) is 18.2 Å². The molecule has 0 aliphatic rings. The molecule has 30 heavy (non-hydrogen) atoms. The Morgan fingerprint density at radius 3 is 2.63 bits per heavy atom. The molecule has 0 unspecified atom stereocenters. The third-order valence-electron chi connectivity index (χ3n) is 4.14. The Balaban J connectivity index is 1.70. The first kappa shape index (κ1) is 20.9. The van der Waals surface area contributed by atoms with Gasteiger partial charge < -0.3 is 10.1 Å². The largest absolute Gasteiger partial charge is 0.497 e. The van der Waals surface area contributed by atoms with Crippen LogP contribution in [0.2, 0.25) is 0 Å². The van der Waals surface area contributed by atoms with E-state index in [4.69, 9.17) is 4.74 Å². The Labute approximate surface area is 176 Å². The second-order valence-corrected chi connectivity index (χ2v) is 7.23. The number of rotatable bonds is 7. The third kappa shape index (κ3) is 4.97. The van der Waals surface area contributed by atoms with Crippen molar-refractivity contribution in [3.63, 3.8) is 0 Å². The monoisotopic (exact) mass is 425 g/mol. The van der Waals surface area contributed by atoms with Crippen molar-refractivity contribution < 1.29 is 14.5 Å². The molecule has 9 nitrogen and oxygen atoms in total. The van der Waals surface area contributed by atoms with E-state index < -0.39 is 10.8 Å². The molecule has 0 spiro atoms. The number of carbonyl (C=O) groups excluding carboxylic acids is 1. The maximum atomic E-state index is 12.6. The topological polar surface area (TPSA) is 119 Å². The molecule has 0 radical (unpaired) electrons. The van der Waals surface area contributed by atoms with Gasteiger partial charge in [-0.05, 0) is 49.7 Å². The molecule has 3 aromatic rings. The van der Waals surface area contributed by atoms with Crippen molar-refractivity contribution in [1.29, 1.82) is 0 Å². The number of benzene rings is 2. The molecule has 154 valence electrons. The quantitative estimate of drug-likeness (QED) is 0.328.